The van der Waals surface area contributed by atoms with Crippen LogP contribution in [-0.2, 0) is 11.2 Å². The van der Waals surface area contributed by atoms with Crippen LogP contribution in [0.3, 0.4) is 0 Å². The van der Waals surface area contributed by atoms with Crippen molar-refractivity contribution in [3.05, 3.63) is 28.8 Å². The molecule has 1 saturated heterocycles. The van der Waals surface area contributed by atoms with Crippen molar-refractivity contribution < 1.29 is 4.79 Å². The molecule has 21 heavy (non-hydrogen) atoms. The summed E-state index contributed by atoms with van der Waals surface area (Å²) in [6, 6.07) is 6.52. The Hall–Kier alpha value is -1.02. The van der Waals surface area contributed by atoms with Gasteiger partial charge in [0.15, 0.2) is 0 Å². The molecule has 3 rings (SSSR count). The molecule has 2 aliphatic heterocycles. The van der Waals surface area contributed by atoms with E-state index in [0.717, 1.165) is 24.4 Å². The Balaban J connectivity index is 2.00. The highest BCUT2D eigenvalue weighted by Gasteiger charge is 2.36. The van der Waals surface area contributed by atoms with Crippen molar-refractivity contribution in [3.63, 3.8) is 0 Å². The molecule has 114 valence electrons. The molecule has 0 amide bonds. The number of benzene rings is 1. The number of nitrogens with zero attached hydrogens (tertiary/aromatic N) is 1. The summed E-state index contributed by atoms with van der Waals surface area (Å²) in [6.45, 7) is 2.82. The average Bonchev–Trinajstić information content (AvgIpc) is 2.58. The zero-order valence-corrected chi connectivity index (χ0v) is 13.5. The fourth-order valence-electron chi connectivity index (χ4n) is 3.97. The maximum absolute atomic E-state index is 12.2. The normalized spacial score (nSPS) is 26.1. The van der Waals surface area contributed by atoms with E-state index in [4.69, 9.17) is 11.6 Å². The molecule has 2 unspecified atom stereocenters. The van der Waals surface area contributed by atoms with Crippen molar-refractivity contribution in [3.8, 4) is 0 Å². The number of fused-ring (bicyclic) bond motifs is 3. The number of ketones is 1. The third kappa shape index (κ3) is 3.11. The highest BCUT2D eigenvalue weighted by molar-refractivity contribution is 6.30. The molecule has 1 aromatic rings. The SMILES string of the molecule is CC(=O)C1Cc2ccc(Cl)cc2N2CCCCCCCC12. The maximum Gasteiger partial charge on any atom is 0.135 e. The standard InChI is InChI=1S/C18H24ClNO/c1-13(21)16-11-14-8-9-15(19)12-18(14)20-10-6-4-2-3-5-7-17(16)20/h8-9,12,16-17H,2-7,10-11H2,1H3. The smallest absolute Gasteiger partial charge is 0.135 e. The van der Waals surface area contributed by atoms with Crippen molar-refractivity contribution in [2.75, 3.05) is 11.4 Å². The van der Waals surface area contributed by atoms with Crippen LogP contribution in [0.5, 0.6) is 0 Å². The van der Waals surface area contributed by atoms with Crippen LogP contribution in [0.1, 0.15) is 51.0 Å². The van der Waals surface area contributed by atoms with Crippen LogP contribution in [0, 0.1) is 5.92 Å². The highest BCUT2D eigenvalue weighted by atomic mass is 35.5. The van der Waals surface area contributed by atoms with Gasteiger partial charge in [0.25, 0.3) is 0 Å². The second-order valence-corrected chi connectivity index (χ2v) is 6.95. The molecule has 2 heterocycles. The second kappa shape index (κ2) is 6.39. The lowest BCUT2D eigenvalue weighted by atomic mass is 9.81. The first-order chi connectivity index (χ1) is 10.2. The minimum absolute atomic E-state index is 0.150. The monoisotopic (exact) mass is 305 g/mol. The van der Waals surface area contributed by atoms with Crippen molar-refractivity contribution in [1.82, 2.24) is 0 Å². The van der Waals surface area contributed by atoms with Gasteiger partial charge in [-0.15, -0.1) is 0 Å². The van der Waals surface area contributed by atoms with Crippen molar-refractivity contribution in [2.24, 2.45) is 5.92 Å². The van der Waals surface area contributed by atoms with E-state index < -0.39 is 0 Å². The summed E-state index contributed by atoms with van der Waals surface area (Å²) in [6.07, 6.45) is 8.39. The van der Waals surface area contributed by atoms with Crippen LogP contribution >= 0.6 is 11.6 Å². The summed E-state index contributed by atoms with van der Waals surface area (Å²) in [4.78, 5) is 14.7. The van der Waals surface area contributed by atoms with Gasteiger partial charge < -0.3 is 4.90 Å². The fraction of sp³-hybridized carbons (Fsp3) is 0.611. The number of halogens is 1. The summed E-state index contributed by atoms with van der Waals surface area (Å²) >= 11 is 6.22. The number of carbonyl (C=O) groups is 1. The van der Waals surface area contributed by atoms with Crippen molar-refractivity contribution in [2.45, 2.75) is 57.9 Å². The van der Waals surface area contributed by atoms with E-state index in [1.54, 1.807) is 6.92 Å². The predicted octanol–water partition coefficient (Wildman–Crippen LogP) is 4.63. The predicted molar refractivity (Wildman–Crippen MR) is 88.2 cm³/mol. The topological polar surface area (TPSA) is 20.3 Å². The Morgan fingerprint density at radius 3 is 2.76 bits per heavy atom. The number of anilines is 1. The van der Waals surface area contributed by atoms with Gasteiger partial charge in [-0.1, -0.05) is 43.4 Å². The molecule has 2 nitrogen and oxygen atoms in total. The fourth-order valence-corrected chi connectivity index (χ4v) is 4.14. The molecule has 2 atom stereocenters. The maximum atomic E-state index is 12.2. The quantitative estimate of drug-likeness (QED) is 0.754. The molecule has 2 aliphatic rings. The summed E-state index contributed by atoms with van der Waals surface area (Å²) in [5, 5.41) is 0.800. The third-order valence-corrected chi connectivity index (χ3v) is 5.32. The minimum atomic E-state index is 0.150. The summed E-state index contributed by atoms with van der Waals surface area (Å²) in [7, 11) is 0. The van der Waals surface area contributed by atoms with E-state index in [2.05, 4.69) is 17.0 Å². The van der Waals surface area contributed by atoms with Gasteiger partial charge in [-0.2, -0.15) is 0 Å². The van der Waals surface area contributed by atoms with Crippen LogP contribution in [-0.4, -0.2) is 18.4 Å². The van der Waals surface area contributed by atoms with E-state index in [-0.39, 0.29) is 5.92 Å². The Labute approximate surface area is 132 Å². The summed E-state index contributed by atoms with van der Waals surface area (Å²) in [5.74, 6) is 0.488. The lowest BCUT2D eigenvalue weighted by Crippen LogP contribution is -2.48. The first kappa shape index (κ1) is 14.9. The molecule has 1 fully saturated rings. The van der Waals surface area contributed by atoms with Crippen LogP contribution in [0.25, 0.3) is 0 Å². The van der Waals surface area contributed by atoms with E-state index in [9.17, 15) is 4.79 Å². The first-order valence-electron chi connectivity index (χ1n) is 8.22. The molecular formula is C18H24ClNO. The number of Topliss-reactive ketones (excluding diaryl/α,β-unsaturated/α-hetero) is 1. The van der Waals surface area contributed by atoms with Gasteiger partial charge in [0.2, 0.25) is 0 Å². The molecule has 0 aromatic heterocycles. The Kier molecular flexibility index (Phi) is 4.54. The van der Waals surface area contributed by atoms with Gasteiger partial charge in [-0.3, -0.25) is 4.79 Å². The Morgan fingerprint density at radius 2 is 1.95 bits per heavy atom. The highest BCUT2D eigenvalue weighted by Crippen LogP contribution is 2.38. The number of rotatable bonds is 1. The average molecular weight is 306 g/mol. The van der Waals surface area contributed by atoms with E-state index >= 15 is 0 Å². The zero-order chi connectivity index (χ0) is 14.8. The van der Waals surface area contributed by atoms with Crippen LogP contribution in [0.15, 0.2) is 18.2 Å². The van der Waals surface area contributed by atoms with Crippen molar-refractivity contribution >= 4 is 23.1 Å². The van der Waals surface area contributed by atoms with Gasteiger partial charge in [-0.05, 0) is 43.9 Å². The molecule has 0 spiro atoms. The molecule has 1 aromatic carbocycles. The number of hydrogen-bond acceptors (Lipinski definition) is 2. The molecule has 0 saturated carbocycles. The summed E-state index contributed by atoms with van der Waals surface area (Å²) in [5.41, 5.74) is 2.56. The molecule has 3 heteroatoms. The van der Waals surface area contributed by atoms with Gasteiger partial charge in [-0.25, -0.2) is 0 Å². The largest absolute Gasteiger partial charge is 0.368 e. The lowest BCUT2D eigenvalue weighted by Gasteiger charge is -2.43. The molecule has 0 radical (unpaired) electrons. The van der Waals surface area contributed by atoms with Crippen LogP contribution in [0.2, 0.25) is 5.02 Å². The van der Waals surface area contributed by atoms with Gasteiger partial charge in [0.05, 0.1) is 0 Å². The van der Waals surface area contributed by atoms with Crippen LogP contribution < -0.4 is 4.90 Å². The summed E-state index contributed by atoms with van der Waals surface area (Å²) < 4.78 is 0. The second-order valence-electron chi connectivity index (χ2n) is 6.51. The molecule has 0 N–H and O–H groups in total. The first-order valence-corrected chi connectivity index (χ1v) is 8.60. The van der Waals surface area contributed by atoms with Gasteiger partial charge in [0.1, 0.15) is 5.78 Å². The van der Waals surface area contributed by atoms with E-state index in [1.165, 1.54) is 43.4 Å². The zero-order valence-electron chi connectivity index (χ0n) is 12.8. The van der Waals surface area contributed by atoms with E-state index in [1.807, 2.05) is 6.07 Å². The lowest BCUT2D eigenvalue weighted by molar-refractivity contribution is -0.121. The third-order valence-electron chi connectivity index (χ3n) is 5.08. The van der Waals surface area contributed by atoms with E-state index in [0.29, 0.717) is 11.8 Å². The number of carbonyl (C=O) groups excluding carboxylic acids is 1. The minimum Gasteiger partial charge on any atom is -0.368 e. The Bertz CT molecular complexity index is 528. The molecule has 0 aliphatic carbocycles. The van der Waals surface area contributed by atoms with Gasteiger partial charge >= 0.3 is 0 Å². The molecule has 0 bridgehead atoms. The Morgan fingerprint density at radius 1 is 1.19 bits per heavy atom. The molecular weight excluding hydrogens is 282 g/mol. The number of hydrogen-bond donors (Lipinski definition) is 0. The van der Waals surface area contributed by atoms with Gasteiger partial charge in [0, 0.05) is 29.2 Å². The van der Waals surface area contributed by atoms with Crippen molar-refractivity contribution in [1.29, 1.82) is 0 Å². The van der Waals surface area contributed by atoms with Crippen LogP contribution in [0.4, 0.5) is 5.69 Å².